The molecule has 1 aliphatic rings. The molecule has 0 amide bonds. The summed E-state index contributed by atoms with van der Waals surface area (Å²) < 4.78 is 10.7. The number of rotatable bonds is 2. The van der Waals surface area contributed by atoms with Crippen molar-refractivity contribution in [3.63, 3.8) is 0 Å². The van der Waals surface area contributed by atoms with Crippen LogP contribution in [0.2, 0.25) is 0 Å². The first-order valence-corrected chi connectivity index (χ1v) is 6.00. The molecule has 0 radical (unpaired) electrons. The Morgan fingerprint density at radius 2 is 1.84 bits per heavy atom. The lowest BCUT2D eigenvalue weighted by Gasteiger charge is -1.95. The Bertz CT molecular complexity index is 675. The van der Waals surface area contributed by atoms with Gasteiger partial charge >= 0.3 is 5.97 Å². The van der Waals surface area contributed by atoms with Gasteiger partial charge in [-0.3, -0.25) is 0 Å². The van der Waals surface area contributed by atoms with Crippen LogP contribution in [0, 0.1) is 0 Å². The highest BCUT2D eigenvalue weighted by Gasteiger charge is 2.18. The second-order valence-electron chi connectivity index (χ2n) is 4.31. The van der Waals surface area contributed by atoms with Crippen molar-refractivity contribution < 1.29 is 13.9 Å². The number of cyclic esters (lactones) is 1. The molecule has 0 spiro atoms. The largest absolute Gasteiger partial charge is 0.457 e. The van der Waals surface area contributed by atoms with Crippen LogP contribution in [0.3, 0.4) is 0 Å². The molecule has 0 saturated heterocycles. The summed E-state index contributed by atoms with van der Waals surface area (Å²) >= 11 is 0. The Labute approximate surface area is 110 Å². The lowest BCUT2D eigenvalue weighted by atomic mass is 10.2. The zero-order chi connectivity index (χ0) is 13.2. The van der Waals surface area contributed by atoms with Crippen LogP contribution in [-0.4, -0.2) is 5.97 Å². The number of hydrogen-bond donors (Lipinski definition) is 0. The highest BCUT2D eigenvalue weighted by Crippen LogP contribution is 2.25. The van der Waals surface area contributed by atoms with Crippen molar-refractivity contribution in [3.8, 4) is 11.3 Å². The Kier molecular flexibility index (Phi) is 2.80. The maximum atomic E-state index is 11.5. The maximum absolute atomic E-state index is 11.5. The van der Waals surface area contributed by atoms with E-state index in [2.05, 4.69) is 0 Å². The molecule has 3 heteroatoms. The van der Waals surface area contributed by atoms with Gasteiger partial charge < -0.3 is 9.15 Å². The first-order chi connectivity index (χ1) is 9.22. The van der Waals surface area contributed by atoms with E-state index in [4.69, 9.17) is 9.15 Å². The number of carbonyl (C=O) groups excluding carboxylic acids is 1. The third kappa shape index (κ3) is 2.36. The zero-order valence-corrected chi connectivity index (χ0v) is 10.4. The van der Waals surface area contributed by atoms with Gasteiger partial charge in [0.25, 0.3) is 0 Å². The molecule has 19 heavy (non-hydrogen) atoms. The van der Waals surface area contributed by atoms with E-state index in [0.29, 0.717) is 17.1 Å². The molecule has 1 aliphatic heterocycles. The standard InChI is InChI=1S/C16H12O3/c1-11-9-13(16(17)18-11)10-14-7-8-15(19-14)12-5-3-2-4-6-12/h2-10H,1H3/b13-10-. The van der Waals surface area contributed by atoms with Gasteiger partial charge in [-0.2, -0.15) is 0 Å². The van der Waals surface area contributed by atoms with E-state index in [-0.39, 0.29) is 5.97 Å². The summed E-state index contributed by atoms with van der Waals surface area (Å²) in [7, 11) is 0. The lowest BCUT2D eigenvalue weighted by molar-refractivity contribution is -0.133. The van der Waals surface area contributed by atoms with Gasteiger partial charge in [0.2, 0.25) is 0 Å². The molecule has 3 rings (SSSR count). The van der Waals surface area contributed by atoms with E-state index in [1.165, 1.54) is 0 Å². The van der Waals surface area contributed by atoms with Gasteiger partial charge in [0.05, 0.1) is 5.57 Å². The minimum absolute atomic E-state index is 0.338. The van der Waals surface area contributed by atoms with Crippen molar-refractivity contribution in [2.75, 3.05) is 0 Å². The number of furan rings is 1. The van der Waals surface area contributed by atoms with E-state index >= 15 is 0 Å². The number of ether oxygens (including phenoxy) is 1. The van der Waals surface area contributed by atoms with Crippen LogP contribution in [0.1, 0.15) is 12.7 Å². The maximum Gasteiger partial charge on any atom is 0.343 e. The molecule has 0 unspecified atom stereocenters. The van der Waals surface area contributed by atoms with Crippen molar-refractivity contribution >= 4 is 12.0 Å². The smallest absolute Gasteiger partial charge is 0.343 e. The predicted molar refractivity (Wildman–Crippen MR) is 72.0 cm³/mol. The van der Waals surface area contributed by atoms with Gasteiger partial charge in [0.15, 0.2) is 0 Å². The summed E-state index contributed by atoms with van der Waals surface area (Å²) in [6.07, 6.45) is 3.39. The van der Waals surface area contributed by atoms with Crippen LogP contribution in [0.15, 0.2) is 64.3 Å². The van der Waals surface area contributed by atoms with Gasteiger partial charge in [-0.25, -0.2) is 4.79 Å². The monoisotopic (exact) mass is 252 g/mol. The molecule has 2 aromatic rings. The molecular formula is C16H12O3. The van der Waals surface area contributed by atoms with Crippen LogP contribution in [0.5, 0.6) is 0 Å². The van der Waals surface area contributed by atoms with E-state index in [1.54, 1.807) is 19.1 Å². The summed E-state index contributed by atoms with van der Waals surface area (Å²) in [5.41, 5.74) is 1.51. The van der Waals surface area contributed by atoms with Crippen molar-refractivity contribution in [3.05, 3.63) is 65.6 Å². The predicted octanol–water partition coefficient (Wildman–Crippen LogP) is 3.79. The minimum atomic E-state index is -0.338. The summed E-state index contributed by atoms with van der Waals surface area (Å²) in [6, 6.07) is 13.5. The summed E-state index contributed by atoms with van der Waals surface area (Å²) in [6.45, 7) is 1.75. The number of allylic oxidation sites excluding steroid dienone is 1. The minimum Gasteiger partial charge on any atom is -0.457 e. The first kappa shape index (κ1) is 11.5. The quantitative estimate of drug-likeness (QED) is 0.603. The molecule has 94 valence electrons. The molecule has 0 atom stereocenters. The molecule has 0 fully saturated rings. The second-order valence-corrected chi connectivity index (χ2v) is 4.31. The van der Waals surface area contributed by atoms with E-state index in [9.17, 15) is 4.79 Å². The Morgan fingerprint density at radius 1 is 1.05 bits per heavy atom. The lowest BCUT2D eigenvalue weighted by Crippen LogP contribution is -1.95. The molecule has 1 aromatic carbocycles. The third-order valence-corrected chi connectivity index (χ3v) is 2.83. The van der Waals surface area contributed by atoms with Gasteiger partial charge in [0.1, 0.15) is 17.3 Å². The van der Waals surface area contributed by atoms with Crippen LogP contribution < -0.4 is 0 Å². The molecule has 0 N–H and O–H groups in total. The molecule has 1 aromatic heterocycles. The highest BCUT2D eigenvalue weighted by atomic mass is 16.5. The van der Waals surface area contributed by atoms with Crippen LogP contribution in [0.4, 0.5) is 0 Å². The van der Waals surface area contributed by atoms with E-state index in [1.807, 2.05) is 42.5 Å². The Balaban J connectivity index is 1.91. The number of carbonyl (C=O) groups is 1. The van der Waals surface area contributed by atoms with Gasteiger partial charge in [-0.15, -0.1) is 0 Å². The molecular weight excluding hydrogens is 240 g/mol. The fourth-order valence-corrected chi connectivity index (χ4v) is 1.95. The topological polar surface area (TPSA) is 39.4 Å². The Hall–Kier alpha value is -2.55. The molecule has 2 heterocycles. The van der Waals surface area contributed by atoms with E-state index in [0.717, 1.165) is 11.3 Å². The molecule has 0 saturated carbocycles. The third-order valence-electron chi connectivity index (χ3n) is 2.83. The number of esters is 1. The van der Waals surface area contributed by atoms with Crippen molar-refractivity contribution in [2.24, 2.45) is 0 Å². The van der Waals surface area contributed by atoms with Gasteiger partial charge in [-0.05, 0) is 31.2 Å². The van der Waals surface area contributed by atoms with Gasteiger partial charge in [0, 0.05) is 5.56 Å². The highest BCUT2D eigenvalue weighted by molar-refractivity contribution is 5.99. The van der Waals surface area contributed by atoms with Crippen molar-refractivity contribution in [2.45, 2.75) is 6.92 Å². The average molecular weight is 252 g/mol. The fourth-order valence-electron chi connectivity index (χ4n) is 1.95. The van der Waals surface area contributed by atoms with E-state index < -0.39 is 0 Å². The number of hydrogen-bond acceptors (Lipinski definition) is 3. The fraction of sp³-hybridized carbons (Fsp3) is 0.0625. The normalized spacial score (nSPS) is 16.6. The first-order valence-electron chi connectivity index (χ1n) is 6.00. The second kappa shape index (κ2) is 4.61. The van der Waals surface area contributed by atoms with Crippen LogP contribution in [0.25, 0.3) is 17.4 Å². The number of benzene rings is 1. The Morgan fingerprint density at radius 3 is 2.53 bits per heavy atom. The summed E-state index contributed by atoms with van der Waals surface area (Å²) in [4.78, 5) is 11.5. The van der Waals surface area contributed by atoms with Crippen molar-refractivity contribution in [1.29, 1.82) is 0 Å². The molecule has 0 aliphatic carbocycles. The van der Waals surface area contributed by atoms with Crippen LogP contribution in [-0.2, 0) is 9.53 Å². The molecule has 3 nitrogen and oxygen atoms in total. The van der Waals surface area contributed by atoms with Gasteiger partial charge in [-0.1, -0.05) is 30.3 Å². The summed E-state index contributed by atoms with van der Waals surface area (Å²) in [5, 5.41) is 0. The molecule has 0 bridgehead atoms. The zero-order valence-electron chi connectivity index (χ0n) is 10.4. The summed E-state index contributed by atoms with van der Waals surface area (Å²) in [5.74, 6) is 1.68. The average Bonchev–Trinajstić information content (AvgIpc) is 2.99. The SMILES string of the molecule is CC1=C/C(=C/c2ccc(-c3ccccc3)o2)C(=O)O1. The van der Waals surface area contributed by atoms with Crippen LogP contribution >= 0.6 is 0 Å². The van der Waals surface area contributed by atoms with Crippen molar-refractivity contribution in [1.82, 2.24) is 0 Å².